The lowest BCUT2D eigenvalue weighted by molar-refractivity contribution is -0.116. The minimum Gasteiger partial charge on any atom is -0.445 e. The summed E-state index contributed by atoms with van der Waals surface area (Å²) in [5.41, 5.74) is 0.986. The highest BCUT2D eigenvalue weighted by molar-refractivity contribution is 5.68. The zero-order valence-electron chi connectivity index (χ0n) is 10.7. The average molecular weight is 263 g/mol. The van der Waals surface area contributed by atoms with Gasteiger partial charge in [-0.3, -0.25) is 0 Å². The molecule has 1 aromatic carbocycles. The molecule has 2 fully saturated rings. The third-order valence-corrected chi connectivity index (χ3v) is 3.43. The number of hydrogen-bond donors (Lipinski definition) is 0. The average Bonchev–Trinajstić information content (AvgIpc) is 2.90. The molecule has 2 saturated heterocycles. The van der Waals surface area contributed by atoms with Gasteiger partial charge in [-0.15, -0.1) is 0 Å². The van der Waals surface area contributed by atoms with Crippen LogP contribution in [-0.2, 0) is 20.8 Å². The summed E-state index contributed by atoms with van der Waals surface area (Å²) in [6.07, 6.45) is -0.304. The van der Waals surface area contributed by atoms with Crippen molar-refractivity contribution in [3.63, 3.8) is 0 Å². The minimum absolute atomic E-state index is 0.00183. The Bertz CT molecular complexity index is 422. The number of fused-ring (bicyclic) bond motifs is 1. The van der Waals surface area contributed by atoms with Crippen LogP contribution in [-0.4, -0.2) is 49.5 Å². The van der Waals surface area contributed by atoms with Gasteiger partial charge in [-0.1, -0.05) is 30.3 Å². The van der Waals surface area contributed by atoms with Crippen LogP contribution in [0.2, 0.25) is 0 Å². The van der Waals surface area contributed by atoms with Gasteiger partial charge in [0.15, 0.2) is 0 Å². The fourth-order valence-corrected chi connectivity index (χ4v) is 2.42. The summed E-state index contributed by atoms with van der Waals surface area (Å²) in [7, 11) is 0. The van der Waals surface area contributed by atoms with E-state index in [1.165, 1.54) is 0 Å². The molecule has 19 heavy (non-hydrogen) atoms. The van der Waals surface area contributed by atoms with E-state index in [9.17, 15) is 4.79 Å². The molecule has 1 amide bonds. The van der Waals surface area contributed by atoms with Crippen molar-refractivity contribution in [3.8, 4) is 0 Å². The van der Waals surface area contributed by atoms with Gasteiger partial charge in [0, 0.05) is 0 Å². The first-order chi connectivity index (χ1) is 9.33. The smallest absolute Gasteiger partial charge is 0.410 e. The van der Waals surface area contributed by atoms with E-state index in [-0.39, 0.29) is 18.3 Å². The molecule has 0 radical (unpaired) electrons. The Morgan fingerprint density at radius 1 is 1.16 bits per heavy atom. The summed E-state index contributed by atoms with van der Waals surface area (Å²) in [6, 6.07) is 9.65. The topological polar surface area (TPSA) is 48.0 Å². The standard InChI is InChI=1S/C14H17NO4/c16-14(19-10-11-4-2-1-3-5-11)15-8-12-13(9-15)18-7-6-17-12/h1-5,12-13H,6-10H2. The van der Waals surface area contributed by atoms with Gasteiger partial charge in [0.2, 0.25) is 0 Å². The Morgan fingerprint density at radius 2 is 1.79 bits per heavy atom. The highest BCUT2D eigenvalue weighted by Gasteiger charge is 2.39. The molecule has 0 aliphatic carbocycles. The van der Waals surface area contributed by atoms with Crippen LogP contribution in [0.5, 0.6) is 0 Å². The fourth-order valence-electron chi connectivity index (χ4n) is 2.42. The van der Waals surface area contributed by atoms with Gasteiger partial charge in [-0.25, -0.2) is 4.79 Å². The van der Waals surface area contributed by atoms with E-state index < -0.39 is 0 Å². The molecule has 0 bridgehead atoms. The highest BCUT2D eigenvalue weighted by Crippen LogP contribution is 2.20. The van der Waals surface area contributed by atoms with Crippen LogP contribution in [0.25, 0.3) is 0 Å². The summed E-state index contributed by atoms with van der Waals surface area (Å²) >= 11 is 0. The van der Waals surface area contributed by atoms with Crippen molar-refractivity contribution in [1.29, 1.82) is 0 Å². The summed E-state index contributed by atoms with van der Waals surface area (Å²) in [6.45, 7) is 2.62. The van der Waals surface area contributed by atoms with Crippen molar-refractivity contribution < 1.29 is 19.0 Å². The molecule has 1 aromatic rings. The molecule has 2 aliphatic rings. The van der Waals surface area contributed by atoms with Crippen LogP contribution >= 0.6 is 0 Å². The lowest BCUT2D eigenvalue weighted by Crippen LogP contribution is -2.36. The SMILES string of the molecule is O=C(OCc1ccccc1)N1CC2OCCOC2C1. The Morgan fingerprint density at radius 3 is 2.42 bits per heavy atom. The Labute approximate surface area is 112 Å². The third kappa shape index (κ3) is 2.88. The lowest BCUT2D eigenvalue weighted by atomic mass is 10.2. The monoisotopic (exact) mass is 263 g/mol. The zero-order valence-corrected chi connectivity index (χ0v) is 10.7. The first-order valence-corrected chi connectivity index (χ1v) is 6.52. The maximum Gasteiger partial charge on any atom is 0.410 e. The number of rotatable bonds is 2. The van der Waals surface area contributed by atoms with Crippen LogP contribution in [0.15, 0.2) is 30.3 Å². The molecule has 5 heteroatoms. The van der Waals surface area contributed by atoms with Crippen LogP contribution in [0.4, 0.5) is 4.79 Å². The molecular weight excluding hydrogens is 246 g/mol. The first kappa shape index (κ1) is 12.4. The number of amides is 1. The van der Waals surface area contributed by atoms with Crippen molar-refractivity contribution in [3.05, 3.63) is 35.9 Å². The lowest BCUT2D eigenvalue weighted by Gasteiger charge is -2.24. The molecule has 5 nitrogen and oxygen atoms in total. The Balaban J connectivity index is 1.51. The molecule has 0 aromatic heterocycles. The maximum absolute atomic E-state index is 12.0. The predicted molar refractivity (Wildman–Crippen MR) is 67.7 cm³/mol. The third-order valence-electron chi connectivity index (χ3n) is 3.43. The maximum atomic E-state index is 12.0. The van der Waals surface area contributed by atoms with Crippen LogP contribution in [0.3, 0.4) is 0 Å². The first-order valence-electron chi connectivity index (χ1n) is 6.52. The Hall–Kier alpha value is -1.59. The molecule has 0 N–H and O–H groups in total. The van der Waals surface area contributed by atoms with Gasteiger partial charge >= 0.3 is 6.09 Å². The predicted octanol–water partition coefficient (Wildman–Crippen LogP) is 1.42. The molecule has 3 rings (SSSR count). The van der Waals surface area contributed by atoms with Crippen molar-refractivity contribution >= 4 is 6.09 Å². The van der Waals surface area contributed by atoms with Gasteiger partial charge in [0.05, 0.1) is 26.3 Å². The van der Waals surface area contributed by atoms with Crippen LogP contribution in [0.1, 0.15) is 5.56 Å². The fraction of sp³-hybridized carbons (Fsp3) is 0.500. The van der Waals surface area contributed by atoms with Gasteiger partial charge in [-0.05, 0) is 5.56 Å². The van der Waals surface area contributed by atoms with E-state index in [4.69, 9.17) is 14.2 Å². The molecule has 2 heterocycles. The number of carbonyl (C=O) groups excluding carboxylic acids is 1. The zero-order chi connectivity index (χ0) is 13.1. The van der Waals surface area contributed by atoms with Gasteiger partial charge in [0.1, 0.15) is 18.8 Å². The minimum atomic E-state index is -0.301. The number of nitrogens with zero attached hydrogens (tertiary/aromatic N) is 1. The molecule has 2 atom stereocenters. The van der Waals surface area contributed by atoms with E-state index in [1.807, 2.05) is 30.3 Å². The molecule has 102 valence electrons. The number of benzene rings is 1. The summed E-state index contributed by atoms with van der Waals surface area (Å²) in [4.78, 5) is 13.6. The van der Waals surface area contributed by atoms with E-state index in [0.717, 1.165) is 5.56 Å². The van der Waals surface area contributed by atoms with Crippen LogP contribution < -0.4 is 0 Å². The van der Waals surface area contributed by atoms with Crippen LogP contribution in [0, 0.1) is 0 Å². The second kappa shape index (κ2) is 5.59. The molecule has 2 aliphatic heterocycles. The van der Waals surface area contributed by atoms with Crippen molar-refractivity contribution in [2.45, 2.75) is 18.8 Å². The Kier molecular flexibility index (Phi) is 3.66. The number of hydrogen-bond acceptors (Lipinski definition) is 4. The molecule has 0 spiro atoms. The molecule has 2 unspecified atom stereocenters. The largest absolute Gasteiger partial charge is 0.445 e. The summed E-state index contributed by atoms with van der Waals surface area (Å²) in [5.74, 6) is 0. The normalized spacial score (nSPS) is 26.0. The summed E-state index contributed by atoms with van der Waals surface area (Å²) < 4.78 is 16.4. The molecular formula is C14H17NO4. The second-order valence-electron chi connectivity index (χ2n) is 4.76. The summed E-state index contributed by atoms with van der Waals surface area (Å²) in [5, 5.41) is 0. The molecule has 0 saturated carbocycles. The quantitative estimate of drug-likeness (QED) is 0.809. The van der Waals surface area contributed by atoms with Gasteiger partial charge in [-0.2, -0.15) is 0 Å². The number of likely N-dealkylation sites (tertiary alicyclic amines) is 1. The number of ether oxygens (including phenoxy) is 3. The van der Waals surface area contributed by atoms with E-state index >= 15 is 0 Å². The van der Waals surface area contributed by atoms with Gasteiger partial charge < -0.3 is 19.1 Å². The second-order valence-corrected chi connectivity index (χ2v) is 4.76. The van der Waals surface area contributed by atoms with Crippen molar-refractivity contribution in [1.82, 2.24) is 4.90 Å². The van der Waals surface area contributed by atoms with E-state index in [1.54, 1.807) is 4.90 Å². The van der Waals surface area contributed by atoms with Crippen molar-refractivity contribution in [2.75, 3.05) is 26.3 Å². The highest BCUT2D eigenvalue weighted by atomic mass is 16.6. The van der Waals surface area contributed by atoms with Crippen molar-refractivity contribution in [2.24, 2.45) is 0 Å². The van der Waals surface area contributed by atoms with Gasteiger partial charge in [0.25, 0.3) is 0 Å². The number of carbonyl (C=O) groups is 1. The van der Waals surface area contributed by atoms with E-state index in [2.05, 4.69) is 0 Å². The van der Waals surface area contributed by atoms with E-state index in [0.29, 0.717) is 32.9 Å².